The minimum atomic E-state index is -4.77. The molecule has 0 spiro atoms. The van der Waals surface area contributed by atoms with Gasteiger partial charge in [0.1, 0.15) is 6.61 Å². The van der Waals surface area contributed by atoms with Crippen molar-refractivity contribution in [2.24, 2.45) is 0 Å². The molecule has 0 heterocycles. The van der Waals surface area contributed by atoms with E-state index < -0.39 is 32.5 Å². The molecule has 0 aliphatic carbocycles. The van der Waals surface area contributed by atoms with Crippen LogP contribution in [-0.2, 0) is 28.2 Å². The number of rotatable bonds is 39. The second kappa shape index (κ2) is 40.4. The molecule has 8 nitrogen and oxygen atoms in total. The summed E-state index contributed by atoms with van der Waals surface area (Å²) in [5.74, 6) is -0.935. The van der Waals surface area contributed by atoms with Gasteiger partial charge < -0.3 is 19.3 Å². The highest BCUT2D eigenvalue weighted by molar-refractivity contribution is 7.46. The lowest BCUT2D eigenvalue weighted by molar-refractivity contribution is -0.161. The largest absolute Gasteiger partial charge is 0.469 e. The standard InChI is InChI=1S/C45H79O8P/c1-3-5-7-9-11-13-15-17-19-20-21-22-23-24-26-27-29-31-33-35-37-39-44(46)51-41-43(42-52-54(48,49)50)53-45(47)40-38-36-34-32-30-28-25-18-16-14-12-10-8-6-4-2/h6,8,12,14,17-19,25,30,32,43H,3-5,7,9-11,13,15-16,20-24,26-29,31,33-42H2,1-2H3,(H2,48,49,50)/b8-6+,14-12+,19-17+,25-18+,32-30+/t43-/m1/s1. The average Bonchev–Trinajstić information content (AvgIpc) is 3.14. The van der Waals surface area contributed by atoms with Gasteiger partial charge in [-0.05, 0) is 77.0 Å². The number of hydrogen-bond acceptors (Lipinski definition) is 6. The van der Waals surface area contributed by atoms with Crippen LogP contribution in [0.25, 0.3) is 0 Å². The van der Waals surface area contributed by atoms with Crippen LogP contribution in [0.15, 0.2) is 60.8 Å². The van der Waals surface area contributed by atoms with Crippen molar-refractivity contribution in [3.63, 3.8) is 0 Å². The van der Waals surface area contributed by atoms with E-state index in [4.69, 9.17) is 19.3 Å². The van der Waals surface area contributed by atoms with Crippen LogP contribution in [0.3, 0.4) is 0 Å². The van der Waals surface area contributed by atoms with E-state index >= 15 is 0 Å². The van der Waals surface area contributed by atoms with Crippen molar-refractivity contribution in [2.75, 3.05) is 13.2 Å². The lowest BCUT2D eigenvalue weighted by atomic mass is 10.0. The summed E-state index contributed by atoms with van der Waals surface area (Å²) < 4.78 is 26.4. The quantitative estimate of drug-likeness (QED) is 0.0274. The lowest BCUT2D eigenvalue weighted by Crippen LogP contribution is -2.29. The van der Waals surface area contributed by atoms with Gasteiger partial charge in [-0.25, -0.2) is 4.57 Å². The zero-order valence-electron chi connectivity index (χ0n) is 34.4. The molecule has 0 aliphatic rings. The van der Waals surface area contributed by atoms with E-state index in [1.807, 2.05) is 0 Å². The Balaban J connectivity index is 3.93. The van der Waals surface area contributed by atoms with Gasteiger partial charge in [-0.15, -0.1) is 0 Å². The molecule has 1 atom stereocenters. The number of carbonyl (C=O) groups excluding carboxylic acids is 2. The Morgan fingerprint density at radius 3 is 1.39 bits per heavy atom. The van der Waals surface area contributed by atoms with E-state index in [1.165, 1.54) is 103 Å². The van der Waals surface area contributed by atoms with Crippen molar-refractivity contribution in [2.45, 2.75) is 200 Å². The molecule has 312 valence electrons. The van der Waals surface area contributed by atoms with Crippen molar-refractivity contribution in [1.29, 1.82) is 0 Å². The predicted molar refractivity (Wildman–Crippen MR) is 225 cm³/mol. The van der Waals surface area contributed by atoms with Gasteiger partial charge in [0.25, 0.3) is 0 Å². The van der Waals surface area contributed by atoms with Gasteiger partial charge in [0.15, 0.2) is 6.10 Å². The Morgan fingerprint density at radius 2 is 0.889 bits per heavy atom. The van der Waals surface area contributed by atoms with Gasteiger partial charge in [-0.2, -0.15) is 0 Å². The maximum atomic E-state index is 12.4. The molecule has 0 aliphatic heterocycles. The van der Waals surface area contributed by atoms with Crippen LogP contribution < -0.4 is 0 Å². The van der Waals surface area contributed by atoms with Crippen molar-refractivity contribution >= 4 is 19.8 Å². The SMILES string of the molecule is CC/C=C/C/C=C/C/C=C/C/C=C/CCCCC(=O)O[C@H](COC(=O)CCCCCCCCCCCCC/C=C/CCCCCCCC)COP(=O)(O)O. The highest BCUT2D eigenvalue weighted by atomic mass is 31.2. The Labute approximate surface area is 330 Å². The second-order valence-corrected chi connectivity index (χ2v) is 15.5. The third kappa shape index (κ3) is 42.5. The normalized spacial score (nSPS) is 13.0. The third-order valence-electron chi connectivity index (χ3n) is 9.02. The molecule has 54 heavy (non-hydrogen) atoms. The topological polar surface area (TPSA) is 119 Å². The number of esters is 2. The summed E-state index contributed by atoms with van der Waals surface area (Å²) in [5, 5.41) is 0. The number of phosphoric acid groups is 1. The maximum absolute atomic E-state index is 12.4. The molecule has 0 fully saturated rings. The zero-order chi connectivity index (χ0) is 39.6. The Bertz CT molecular complexity index is 1060. The van der Waals surface area contributed by atoms with Gasteiger partial charge in [-0.1, -0.05) is 164 Å². The summed E-state index contributed by atoms with van der Waals surface area (Å²) in [7, 11) is -4.77. The minimum Gasteiger partial charge on any atom is -0.462 e. The molecule has 0 saturated carbocycles. The fraction of sp³-hybridized carbons (Fsp3) is 0.733. The maximum Gasteiger partial charge on any atom is 0.469 e. The van der Waals surface area contributed by atoms with Crippen LogP contribution in [0.5, 0.6) is 0 Å². The summed E-state index contributed by atoms with van der Waals surface area (Å²) in [5.41, 5.74) is 0. The number of hydrogen-bond donors (Lipinski definition) is 2. The fourth-order valence-corrected chi connectivity index (χ4v) is 6.19. The number of phosphoric ester groups is 1. The van der Waals surface area contributed by atoms with Gasteiger partial charge in [0, 0.05) is 12.8 Å². The van der Waals surface area contributed by atoms with Crippen molar-refractivity contribution in [3.05, 3.63) is 60.8 Å². The number of unbranched alkanes of at least 4 members (excludes halogenated alkanes) is 19. The summed E-state index contributed by atoms with van der Waals surface area (Å²) in [6.07, 6.45) is 50.9. The highest BCUT2D eigenvalue weighted by Crippen LogP contribution is 2.36. The molecular weight excluding hydrogens is 699 g/mol. The fourth-order valence-electron chi connectivity index (χ4n) is 5.83. The van der Waals surface area contributed by atoms with Crippen LogP contribution in [0.2, 0.25) is 0 Å². The monoisotopic (exact) mass is 779 g/mol. The summed E-state index contributed by atoms with van der Waals surface area (Å²) in [4.78, 5) is 42.8. The van der Waals surface area contributed by atoms with E-state index in [9.17, 15) is 14.2 Å². The first-order valence-corrected chi connectivity index (χ1v) is 23.1. The molecule has 0 aromatic carbocycles. The predicted octanol–water partition coefficient (Wildman–Crippen LogP) is 13.3. The summed E-state index contributed by atoms with van der Waals surface area (Å²) >= 11 is 0. The van der Waals surface area contributed by atoms with Gasteiger partial charge in [-0.3, -0.25) is 14.1 Å². The van der Waals surface area contributed by atoms with Gasteiger partial charge in [0.2, 0.25) is 0 Å². The number of carbonyl (C=O) groups is 2. The Morgan fingerprint density at radius 1 is 0.500 bits per heavy atom. The summed E-state index contributed by atoms with van der Waals surface area (Å²) in [6, 6.07) is 0. The highest BCUT2D eigenvalue weighted by Gasteiger charge is 2.22. The number of ether oxygens (including phenoxy) is 2. The van der Waals surface area contributed by atoms with Crippen molar-refractivity contribution < 1.29 is 37.9 Å². The molecular formula is C45H79O8P. The molecule has 2 N–H and O–H groups in total. The van der Waals surface area contributed by atoms with Gasteiger partial charge in [0.05, 0.1) is 6.61 Å². The molecule has 0 unspecified atom stereocenters. The van der Waals surface area contributed by atoms with E-state index in [2.05, 4.69) is 79.1 Å². The molecule has 0 amide bonds. The molecule has 0 rings (SSSR count). The smallest absolute Gasteiger partial charge is 0.462 e. The van der Waals surface area contributed by atoms with Gasteiger partial charge >= 0.3 is 19.8 Å². The molecule has 0 aromatic rings. The van der Waals surface area contributed by atoms with E-state index in [0.29, 0.717) is 6.42 Å². The molecule has 0 saturated heterocycles. The first kappa shape index (κ1) is 51.8. The van der Waals surface area contributed by atoms with Crippen LogP contribution in [0.4, 0.5) is 0 Å². The van der Waals surface area contributed by atoms with Crippen LogP contribution in [0.1, 0.15) is 194 Å². The first-order chi connectivity index (χ1) is 26.3. The Kier molecular flexibility index (Phi) is 38.7. The first-order valence-electron chi connectivity index (χ1n) is 21.6. The summed E-state index contributed by atoms with van der Waals surface area (Å²) in [6.45, 7) is 3.54. The minimum absolute atomic E-state index is 0.158. The molecule has 0 aromatic heterocycles. The van der Waals surface area contributed by atoms with E-state index in [0.717, 1.165) is 57.8 Å². The second-order valence-electron chi connectivity index (χ2n) is 14.3. The van der Waals surface area contributed by atoms with Crippen LogP contribution in [-0.4, -0.2) is 41.0 Å². The van der Waals surface area contributed by atoms with Crippen LogP contribution in [0, 0.1) is 0 Å². The van der Waals surface area contributed by atoms with E-state index in [1.54, 1.807) is 0 Å². The lowest BCUT2D eigenvalue weighted by Gasteiger charge is -2.18. The van der Waals surface area contributed by atoms with Crippen molar-refractivity contribution in [1.82, 2.24) is 0 Å². The van der Waals surface area contributed by atoms with Crippen molar-refractivity contribution in [3.8, 4) is 0 Å². The molecule has 9 heteroatoms. The van der Waals surface area contributed by atoms with E-state index in [-0.39, 0.29) is 19.4 Å². The Hall–Kier alpha value is -2.25. The zero-order valence-corrected chi connectivity index (χ0v) is 35.2. The molecule has 0 bridgehead atoms. The average molecular weight is 779 g/mol. The number of allylic oxidation sites excluding steroid dienone is 10. The third-order valence-corrected chi connectivity index (χ3v) is 9.51. The molecule has 0 radical (unpaired) electrons. The van der Waals surface area contributed by atoms with Crippen LogP contribution >= 0.6 is 7.82 Å².